The Morgan fingerprint density at radius 3 is 2.88 bits per heavy atom. The molecule has 1 aromatic rings. The summed E-state index contributed by atoms with van der Waals surface area (Å²) in [7, 11) is 1.40. The van der Waals surface area contributed by atoms with Crippen LogP contribution in [0.15, 0.2) is 18.2 Å². The molecule has 0 spiro atoms. The number of amides is 1. The molecule has 1 fully saturated rings. The lowest BCUT2D eigenvalue weighted by Gasteiger charge is -2.16. The van der Waals surface area contributed by atoms with Gasteiger partial charge >= 0.3 is 5.69 Å². The van der Waals surface area contributed by atoms with Gasteiger partial charge in [0.15, 0.2) is 5.75 Å². The average Bonchev–Trinajstić information content (AvgIpc) is 3.03. The fraction of sp³-hybridized carbons (Fsp3) is 0.533. The number of nitro groups is 1. The van der Waals surface area contributed by atoms with Crippen LogP contribution in [0.25, 0.3) is 0 Å². The van der Waals surface area contributed by atoms with Gasteiger partial charge in [-0.05, 0) is 30.5 Å². The average molecular weight is 376 g/mol. The highest BCUT2D eigenvalue weighted by molar-refractivity contribution is 7.99. The summed E-state index contributed by atoms with van der Waals surface area (Å²) in [6, 6.07) is 4.86. The molecule has 9 heteroatoms. The molecule has 0 saturated carbocycles. The van der Waals surface area contributed by atoms with Gasteiger partial charge in [-0.25, -0.2) is 0 Å². The van der Waals surface area contributed by atoms with E-state index in [1.165, 1.54) is 24.9 Å². The monoisotopic (exact) mass is 375 g/mol. The molecule has 2 rings (SSSR count). The number of methoxy groups -OCH3 is 1. The number of halogens is 1. The number of hydrogen-bond acceptors (Lipinski definition) is 6. The molecule has 0 bridgehead atoms. The minimum Gasteiger partial charge on any atom is -0.490 e. The zero-order valence-corrected chi connectivity index (χ0v) is 15.1. The Balaban J connectivity index is 0.00000288. The number of carbonyl (C=O) groups is 1. The van der Waals surface area contributed by atoms with Crippen LogP contribution in [0.5, 0.6) is 5.75 Å². The van der Waals surface area contributed by atoms with E-state index in [4.69, 9.17) is 10.5 Å². The van der Waals surface area contributed by atoms with Crippen LogP contribution in [0.3, 0.4) is 0 Å². The first-order valence-electron chi connectivity index (χ1n) is 7.42. The molecule has 1 aliphatic rings. The van der Waals surface area contributed by atoms with Crippen molar-refractivity contribution in [3.63, 3.8) is 0 Å². The maximum absolute atomic E-state index is 12.1. The first kappa shape index (κ1) is 20.5. The Morgan fingerprint density at radius 1 is 1.54 bits per heavy atom. The summed E-state index contributed by atoms with van der Waals surface area (Å²) in [6.45, 7) is 2.13. The lowest BCUT2D eigenvalue weighted by atomic mass is 10.1. The highest BCUT2D eigenvalue weighted by Gasteiger charge is 2.24. The topological polar surface area (TPSA) is 98.7 Å². The molecule has 0 aliphatic carbocycles. The Bertz CT molecular complexity index is 588. The summed E-state index contributed by atoms with van der Waals surface area (Å²) in [6.07, 6.45) is 0.970. The predicted octanol–water partition coefficient (Wildman–Crippen LogP) is 2.07. The van der Waals surface area contributed by atoms with Crippen molar-refractivity contribution in [3.8, 4) is 5.75 Å². The van der Waals surface area contributed by atoms with Gasteiger partial charge in [0.2, 0.25) is 5.91 Å². The molecule has 1 saturated heterocycles. The van der Waals surface area contributed by atoms with Gasteiger partial charge in [-0.1, -0.05) is 6.07 Å². The Kier molecular flexibility index (Phi) is 8.30. The fourth-order valence-corrected chi connectivity index (χ4v) is 3.44. The molecule has 7 nitrogen and oxygen atoms in total. The summed E-state index contributed by atoms with van der Waals surface area (Å²) in [5, 5.41) is 11.0. The van der Waals surface area contributed by atoms with Gasteiger partial charge in [-0.2, -0.15) is 0 Å². The van der Waals surface area contributed by atoms with Crippen molar-refractivity contribution >= 4 is 35.8 Å². The predicted molar refractivity (Wildman–Crippen MR) is 96.8 cm³/mol. The number of nitrogens with two attached hydrogens (primary N) is 1. The Hall–Kier alpha value is -1.51. The van der Waals surface area contributed by atoms with Gasteiger partial charge in [0.1, 0.15) is 0 Å². The molecule has 1 heterocycles. The second-order valence-electron chi connectivity index (χ2n) is 5.49. The molecule has 1 atom stereocenters. The van der Waals surface area contributed by atoms with Crippen LogP contribution in [-0.4, -0.2) is 48.2 Å². The number of nitrogens with zero attached hydrogens (tertiary/aromatic N) is 2. The number of carbonyl (C=O) groups excluding carboxylic acids is 1. The molecular formula is C15H22ClN3O4S. The summed E-state index contributed by atoms with van der Waals surface area (Å²) in [4.78, 5) is 24.5. The smallest absolute Gasteiger partial charge is 0.311 e. The van der Waals surface area contributed by atoms with Crippen LogP contribution < -0.4 is 10.5 Å². The zero-order chi connectivity index (χ0) is 16.8. The van der Waals surface area contributed by atoms with Crippen LogP contribution in [-0.2, 0) is 10.5 Å². The van der Waals surface area contributed by atoms with Crippen molar-refractivity contribution in [1.29, 1.82) is 0 Å². The number of rotatable bonds is 7. The van der Waals surface area contributed by atoms with E-state index in [9.17, 15) is 14.9 Å². The molecule has 0 radical (unpaired) electrons. The van der Waals surface area contributed by atoms with E-state index >= 15 is 0 Å². The van der Waals surface area contributed by atoms with Crippen LogP contribution in [0, 0.1) is 16.0 Å². The highest BCUT2D eigenvalue weighted by Crippen LogP contribution is 2.29. The van der Waals surface area contributed by atoms with Gasteiger partial charge in [0.05, 0.1) is 17.8 Å². The van der Waals surface area contributed by atoms with E-state index in [-0.39, 0.29) is 29.8 Å². The summed E-state index contributed by atoms with van der Waals surface area (Å²) in [5.74, 6) is 1.67. The van der Waals surface area contributed by atoms with Crippen LogP contribution in [0.2, 0.25) is 0 Å². The van der Waals surface area contributed by atoms with Gasteiger partial charge in [-0.3, -0.25) is 14.9 Å². The maximum Gasteiger partial charge on any atom is 0.311 e. The number of hydrogen-bond donors (Lipinski definition) is 1. The van der Waals surface area contributed by atoms with Crippen molar-refractivity contribution in [2.75, 3.05) is 32.5 Å². The third-order valence-corrected chi connectivity index (χ3v) is 4.89. The van der Waals surface area contributed by atoms with E-state index < -0.39 is 4.92 Å². The SMILES string of the molecule is COc1ccc(CSCC(=O)N2CCC(CN)C2)cc1[N+](=O)[O-].Cl. The molecule has 134 valence electrons. The highest BCUT2D eigenvalue weighted by atomic mass is 35.5. The number of benzene rings is 1. The van der Waals surface area contributed by atoms with Crippen LogP contribution in [0.4, 0.5) is 5.69 Å². The molecular weight excluding hydrogens is 354 g/mol. The molecule has 1 unspecified atom stereocenters. The molecule has 2 N–H and O–H groups in total. The van der Waals surface area contributed by atoms with Crippen molar-refractivity contribution < 1.29 is 14.5 Å². The molecule has 1 amide bonds. The van der Waals surface area contributed by atoms with Crippen LogP contribution >= 0.6 is 24.2 Å². The van der Waals surface area contributed by atoms with E-state index in [0.717, 1.165) is 25.1 Å². The number of nitro benzene ring substituents is 1. The van der Waals surface area contributed by atoms with E-state index in [0.29, 0.717) is 24.0 Å². The van der Waals surface area contributed by atoms with Crippen molar-refractivity contribution in [2.45, 2.75) is 12.2 Å². The first-order valence-corrected chi connectivity index (χ1v) is 8.57. The minimum atomic E-state index is -0.463. The zero-order valence-electron chi connectivity index (χ0n) is 13.5. The van der Waals surface area contributed by atoms with Gasteiger partial charge in [0.25, 0.3) is 0 Å². The van der Waals surface area contributed by atoms with Crippen molar-refractivity contribution in [2.24, 2.45) is 11.7 Å². The van der Waals surface area contributed by atoms with E-state index in [1.54, 1.807) is 12.1 Å². The second-order valence-corrected chi connectivity index (χ2v) is 6.47. The quantitative estimate of drug-likeness (QED) is 0.578. The van der Waals surface area contributed by atoms with Gasteiger partial charge in [-0.15, -0.1) is 24.2 Å². The van der Waals surface area contributed by atoms with Gasteiger partial charge < -0.3 is 15.4 Å². The number of thioether (sulfide) groups is 1. The normalized spacial score (nSPS) is 16.6. The first-order chi connectivity index (χ1) is 11.0. The van der Waals surface area contributed by atoms with E-state index in [1.807, 2.05) is 4.90 Å². The fourth-order valence-electron chi connectivity index (χ4n) is 2.57. The Labute approximate surface area is 151 Å². The molecule has 0 aromatic heterocycles. The standard InChI is InChI=1S/C15H21N3O4S.ClH/c1-22-14-3-2-11(6-13(14)18(20)21)9-23-10-15(19)17-5-4-12(7-16)8-17;/h2-3,6,12H,4-5,7-10,16H2,1H3;1H. The lowest BCUT2D eigenvalue weighted by molar-refractivity contribution is -0.385. The summed E-state index contributed by atoms with van der Waals surface area (Å²) < 4.78 is 4.97. The molecule has 24 heavy (non-hydrogen) atoms. The minimum absolute atomic E-state index is 0. The largest absolute Gasteiger partial charge is 0.490 e. The van der Waals surface area contributed by atoms with Crippen molar-refractivity contribution in [1.82, 2.24) is 4.90 Å². The number of ether oxygens (including phenoxy) is 1. The maximum atomic E-state index is 12.1. The Morgan fingerprint density at radius 2 is 2.29 bits per heavy atom. The number of likely N-dealkylation sites (tertiary alicyclic amines) is 1. The van der Waals surface area contributed by atoms with Crippen LogP contribution in [0.1, 0.15) is 12.0 Å². The van der Waals surface area contributed by atoms with E-state index in [2.05, 4.69) is 0 Å². The summed E-state index contributed by atoms with van der Waals surface area (Å²) in [5.41, 5.74) is 6.37. The van der Waals surface area contributed by atoms with Crippen molar-refractivity contribution in [3.05, 3.63) is 33.9 Å². The third-order valence-electron chi connectivity index (χ3n) is 3.91. The second kappa shape index (κ2) is 9.71. The molecule has 1 aromatic carbocycles. The lowest BCUT2D eigenvalue weighted by Crippen LogP contribution is -2.31. The van der Waals surface area contributed by atoms with Gasteiger partial charge in [0, 0.05) is 24.9 Å². The summed E-state index contributed by atoms with van der Waals surface area (Å²) >= 11 is 1.46. The molecule has 1 aliphatic heterocycles. The third kappa shape index (κ3) is 5.25.